The lowest BCUT2D eigenvalue weighted by molar-refractivity contribution is 0.579. The van der Waals surface area contributed by atoms with Crippen LogP contribution in [0.25, 0.3) is 0 Å². The van der Waals surface area contributed by atoms with Gasteiger partial charge in [0.2, 0.25) is 0 Å². The molecule has 1 rings (SSSR count). The molecule has 68 valence electrons. The standard InChI is InChI=1S/C7H12N2O2S/c1-6(5-12(2)11)9-4-3-8-7(9)10/h3-4,6H,5H2,1-2H3,(H,8,10). The lowest BCUT2D eigenvalue weighted by Gasteiger charge is -2.08. The summed E-state index contributed by atoms with van der Waals surface area (Å²) < 4.78 is 12.4. The highest BCUT2D eigenvalue weighted by atomic mass is 32.2. The van der Waals surface area contributed by atoms with Crippen LogP contribution >= 0.6 is 0 Å². The van der Waals surface area contributed by atoms with Crippen LogP contribution in [0.5, 0.6) is 0 Å². The zero-order valence-electron chi connectivity index (χ0n) is 7.11. The number of rotatable bonds is 3. The fourth-order valence-corrected chi connectivity index (χ4v) is 1.94. The van der Waals surface area contributed by atoms with Crippen molar-refractivity contribution in [2.24, 2.45) is 0 Å². The molecule has 0 aliphatic carbocycles. The van der Waals surface area contributed by atoms with Crippen molar-refractivity contribution >= 4 is 10.8 Å². The van der Waals surface area contributed by atoms with Gasteiger partial charge in [-0.2, -0.15) is 0 Å². The van der Waals surface area contributed by atoms with Gasteiger partial charge in [0.15, 0.2) is 0 Å². The topological polar surface area (TPSA) is 54.9 Å². The first kappa shape index (κ1) is 9.25. The van der Waals surface area contributed by atoms with Crippen LogP contribution in [0.2, 0.25) is 0 Å². The fraction of sp³-hybridized carbons (Fsp3) is 0.571. The highest BCUT2D eigenvalue weighted by molar-refractivity contribution is 7.84. The van der Waals surface area contributed by atoms with Gasteiger partial charge in [0.05, 0.1) is 0 Å². The maximum atomic E-state index is 11.1. The number of nitrogens with zero attached hydrogens (tertiary/aromatic N) is 1. The molecule has 2 unspecified atom stereocenters. The Labute approximate surface area is 73.1 Å². The molecule has 1 heterocycles. The molecule has 0 aliphatic heterocycles. The van der Waals surface area contributed by atoms with Crippen molar-refractivity contribution in [3.05, 3.63) is 22.9 Å². The van der Waals surface area contributed by atoms with Gasteiger partial charge >= 0.3 is 5.69 Å². The monoisotopic (exact) mass is 188 g/mol. The van der Waals surface area contributed by atoms with Crippen molar-refractivity contribution in [3.63, 3.8) is 0 Å². The number of nitrogens with one attached hydrogen (secondary N) is 1. The molecule has 0 saturated carbocycles. The second-order valence-corrected chi connectivity index (χ2v) is 4.24. The van der Waals surface area contributed by atoms with E-state index in [1.807, 2.05) is 6.92 Å². The van der Waals surface area contributed by atoms with Crippen molar-refractivity contribution in [2.75, 3.05) is 12.0 Å². The minimum Gasteiger partial charge on any atom is -0.313 e. The first-order chi connectivity index (χ1) is 5.61. The van der Waals surface area contributed by atoms with E-state index in [0.29, 0.717) is 5.75 Å². The van der Waals surface area contributed by atoms with E-state index in [1.54, 1.807) is 23.2 Å². The number of imidazole rings is 1. The molecule has 5 heteroatoms. The molecule has 0 aliphatic rings. The summed E-state index contributed by atoms with van der Waals surface area (Å²) in [5.74, 6) is 0.512. The molecule has 2 atom stereocenters. The van der Waals surface area contributed by atoms with Gasteiger partial charge in [-0.05, 0) is 6.92 Å². The van der Waals surface area contributed by atoms with Crippen molar-refractivity contribution in [2.45, 2.75) is 13.0 Å². The van der Waals surface area contributed by atoms with Gasteiger partial charge < -0.3 is 4.98 Å². The zero-order chi connectivity index (χ0) is 9.14. The van der Waals surface area contributed by atoms with E-state index >= 15 is 0 Å². The minimum absolute atomic E-state index is 0.00502. The Kier molecular flexibility index (Phi) is 2.86. The van der Waals surface area contributed by atoms with Crippen molar-refractivity contribution < 1.29 is 4.21 Å². The van der Waals surface area contributed by atoms with Crippen LogP contribution in [0.15, 0.2) is 17.2 Å². The average Bonchev–Trinajstić information content (AvgIpc) is 2.33. The van der Waals surface area contributed by atoms with Crippen LogP contribution in [0.1, 0.15) is 13.0 Å². The lowest BCUT2D eigenvalue weighted by atomic mass is 10.4. The lowest BCUT2D eigenvalue weighted by Crippen LogP contribution is -2.23. The molecule has 0 saturated heterocycles. The Morgan fingerprint density at radius 2 is 2.42 bits per heavy atom. The van der Waals surface area contributed by atoms with Crippen LogP contribution in [0.4, 0.5) is 0 Å². The van der Waals surface area contributed by atoms with Crippen molar-refractivity contribution in [1.82, 2.24) is 9.55 Å². The van der Waals surface area contributed by atoms with Crippen LogP contribution in [0.3, 0.4) is 0 Å². The maximum Gasteiger partial charge on any atom is 0.325 e. The molecule has 12 heavy (non-hydrogen) atoms. The van der Waals surface area contributed by atoms with Gasteiger partial charge in [-0.15, -0.1) is 0 Å². The molecule has 0 fully saturated rings. The maximum absolute atomic E-state index is 11.1. The molecule has 0 radical (unpaired) electrons. The van der Waals surface area contributed by atoms with Crippen LogP contribution < -0.4 is 5.69 Å². The van der Waals surface area contributed by atoms with Crippen LogP contribution in [-0.2, 0) is 10.8 Å². The van der Waals surface area contributed by atoms with Crippen molar-refractivity contribution in [3.8, 4) is 0 Å². The summed E-state index contributed by atoms with van der Waals surface area (Å²) in [6.07, 6.45) is 4.88. The normalized spacial score (nSPS) is 15.8. The third kappa shape index (κ3) is 2.07. The van der Waals surface area contributed by atoms with E-state index in [9.17, 15) is 9.00 Å². The summed E-state index contributed by atoms with van der Waals surface area (Å²) in [6.45, 7) is 1.87. The summed E-state index contributed by atoms with van der Waals surface area (Å²) >= 11 is 0. The predicted molar refractivity (Wildman–Crippen MR) is 48.7 cm³/mol. The second-order valence-electron chi connectivity index (χ2n) is 2.76. The van der Waals surface area contributed by atoms with E-state index < -0.39 is 10.8 Å². The molecule has 0 aromatic carbocycles. The summed E-state index contributed by atoms with van der Waals surface area (Å²) in [4.78, 5) is 13.6. The largest absolute Gasteiger partial charge is 0.325 e. The number of aromatic nitrogens is 2. The summed E-state index contributed by atoms with van der Waals surface area (Å²) in [5.41, 5.74) is -0.145. The second kappa shape index (κ2) is 3.71. The third-order valence-electron chi connectivity index (χ3n) is 1.63. The number of aromatic amines is 1. The smallest absolute Gasteiger partial charge is 0.313 e. The third-order valence-corrected chi connectivity index (χ3v) is 2.58. The Morgan fingerprint density at radius 1 is 1.75 bits per heavy atom. The van der Waals surface area contributed by atoms with E-state index in [1.165, 1.54) is 0 Å². The predicted octanol–water partition coefficient (Wildman–Crippen LogP) is 0.116. The highest BCUT2D eigenvalue weighted by Gasteiger charge is 2.07. The zero-order valence-corrected chi connectivity index (χ0v) is 7.93. The summed E-state index contributed by atoms with van der Waals surface area (Å²) in [6, 6.07) is -0.00502. The van der Waals surface area contributed by atoms with Gasteiger partial charge in [0.1, 0.15) is 0 Å². The molecule has 0 amide bonds. The minimum atomic E-state index is -0.862. The molecule has 0 spiro atoms. The SMILES string of the molecule is CC(CS(C)=O)n1cc[nH]c1=O. The van der Waals surface area contributed by atoms with Gasteiger partial charge in [-0.1, -0.05) is 0 Å². The molecular weight excluding hydrogens is 176 g/mol. The Morgan fingerprint density at radius 3 is 2.83 bits per heavy atom. The highest BCUT2D eigenvalue weighted by Crippen LogP contribution is 2.01. The molecule has 1 aromatic heterocycles. The number of hydrogen-bond acceptors (Lipinski definition) is 2. The first-order valence-corrected chi connectivity index (χ1v) is 5.39. The molecule has 1 aromatic rings. The molecule has 1 N–H and O–H groups in total. The fourth-order valence-electron chi connectivity index (χ4n) is 1.10. The van der Waals surface area contributed by atoms with Gasteiger partial charge in [-0.3, -0.25) is 8.78 Å². The van der Waals surface area contributed by atoms with Crippen LogP contribution in [0, 0.1) is 0 Å². The van der Waals surface area contributed by atoms with E-state index in [0.717, 1.165) is 0 Å². The quantitative estimate of drug-likeness (QED) is 0.732. The van der Waals surface area contributed by atoms with Gasteiger partial charge in [0, 0.05) is 41.2 Å². The van der Waals surface area contributed by atoms with E-state index in [-0.39, 0.29) is 11.7 Å². The Bertz CT molecular complexity index is 328. The van der Waals surface area contributed by atoms with Crippen molar-refractivity contribution in [1.29, 1.82) is 0 Å². The number of H-pyrrole nitrogens is 1. The van der Waals surface area contributed by atoms with Gasteiger partial charge in [-0.25, -0.2) is 4.79 Å². The van der Waals surface area contributed by atoms with E-state index in [2.05, 4.69) is 4.98 Å². The molecular formula is C7H12N2O2S. The summed E-state index contributed by atoms with van der Waals surface area (Å²) in [5, 5.41) is 0. The molecule has 0 bridgehead atoms. The number of hydrogen-bond donors (Lipinski definition) is 1. The Balaban J connectivity index is 2.78. The first-order valence-electron chi connectivity index (χ1n) is 3.67. The van der Waals surface area contributed by atoms with E-state index in [4.69, 9.17) is 0 Å². The molecule has 4 nitrogen and oxygen atoms in total. The van der Waals surface area contributed by atoms with Gasteiger partial charge in [0.25, 0.3) is 0 Å². The van der Waals surface area contributed by atoms with Crippen LogP contribution in [-0.4, -0.2) is 25.8 Å². The summed E-state index contributed by atoms with van der Waals surface area (Å²) in [7, 11) is -0.862. The Hall–Kier alpha value is -0.840. The average molecular weight is 188 g/mol.